The first-order valence-corrected chi connectivity index (χ1v) is 5.79. The van der Waals surface area contributed by atoms with E-state index < -0.39 is 0 Å². The molecule has 0 fully saturated rings. The van der Waals surface area contributed by atoms with E-state index in [0.29, 0.717) is 6.61 Å². The Morgan fingerprint density at radius 1 is 1.29 bits per heavy atom. The van der Waals surface area contributed by atoms with Gasteiger partial charge in [-0.25, -0.2) is 0 Å². The fourth-order valence-electron chi connectivity index (χ4n) is 2.44. The number of aryl methyl sites for hydroxylation is 3. The van der Waals surface area contributed by atoms with Crippen molar-refractivity contribution in [2.75, 3.05) is 6.61 Å². The zero-order valence-corrected chi connectivity index (χ0v) is 10.7. The lowest BCUT2D eigenvalue weighted by Gasteiger charge is -2.13. The second-order valence-corrected chi connectivity index (χ2v) is 4.71. The van der Waals surface area contributed by atoms with E-state index in [-0.39, 0.29) is 11.7 Å². The summed E-state index contributed by atoms with van der Waals surface area (Å²) in [5.74, 6) is -0.101. The molecule has 0 aromatic heterocycles. The quantitative estimate of drug-likeness (QED) is 0.784. The molecule has 0 N–H and O–H groups in total. The molecule has 17 heavy (non-hydrogen) atoms. The molecule has 1 aromatic rings. The summed E-state index contributed by atoms with van der Waals surface area (Å²) in [6.07, 6.45) is 0. The lowest BCUT2D eigenvalue weighted by atomic mass is 9.88. The molecule has 1 aliphatic rings. The third kappa shape index (κ3) is 2.09. The van der Waals surface area contributed by atoms with Crippen molar-refractivity contribution in [2.45, 2.75) is 27.7 Å². The molecule has 1 heterocycles. The van der Waals surface area contributed by atoms with Crippen LogP contribution >= 0.6 is 0 Å². The summed E-state index contributed by atoms with van der Waals surface area (Å²) in [5.41, 5.74) is 5.37. The van der Waals surface area contributed by atoms with Crippen molar-refractivity contribution in [3.05, 3.63) is 34.4 Å². The van der Waals surface area contributed by atoms with Gasteiger partial charge in [0, 0.05) is 5.56 Å². The number of Topliss-reactive ketones (excluding diaryl/α,β-unsaturated/α-hetero) is 1. The fraction of sp³-hybridized carbons (Fsp3) is 0.429. The van der Waals surface area contributed by atoms with Crippen LogP contribution in [0, 0.1) is 26.7 Å². The summed E-state index contributed by atoms with van der Waals surface area (Å²) in [5, 5.41) is 4.06. The fourth-order valence-corrected chi connectivity index (χ4v) is 2.44. The first-order valence-electron chi connectivity index (χ1n) is 5.79. The summed E-state index contributed by atoms with van der Waals surface area (Å²) in [7, 11) is 0. The van der Waals surface area contributed by atoms with Crippen LogP contribution < -0.4 is 0 Å². The van der Waals surface area contributed by atoms with Gasteiger partial charge in [-0.2, -0.15) is 0 Å². The normalized spacial score (nSPS) is 18.8. The maximum atomic E-state index is 11.6. The van der Waals surface area contributed by atoms with Crippen molar-refractivity contribution >= 4 is 11.5 Å². The minimum atomic E-state index is -0.213. The molecule has 1 atom stereocenters. The average molecular weight is 231 g/mol. The Morgan fingerprint density at radius 2 is 1.88 bits per heavy atom. The molecule has 1 aliphatic heterocycles. The van der Waals surface area contributed by atoms with Crippen molar-refractivity contribution in [2.24, 2.45) is 11.1 Å². The highest BCUT2D eigenvalue weighted by atomic mass is 16.6. The monoisotopic (exact) mass is 231 g/mol. The maximum Gasteiger partial charge on any atom is 0.142 e. The molecule has 0 amide bonds. The molecular formula is C14H17NO2. The smallest absolute Gasteiger partial charge is 0.142 e. The summed E-state index contributed by atoms with van der Waals surface area (Å²) in [4.78, 5) is 16.7. The number of hydrogen-bond donors (Lipinski definition) is 0. The minimum absolute atomic E-state index is 0.112. The minimum Gasteiger partial charge on any atom is -0.394 e. The van der Waals surface area contributed by atoms with Gasteiger partial charge in [0.15, 0.2) is 0 Å². The SMILES string of the molecule is CC(=O)[C@@H]1CON=C1c1c(C)cc(C)cc1C. The van der Waals surface area contributed by atoms with E-state index >= 15 is 0 Å². The van der Waals surface area contributed by atoms with Crippen LogP contribution in [0.2, 0.25) is 0 Å². The average Bonchev–Trinajstić information content (AvgIpc) is 2.64. The summed E-state index contributed by atoms with van der Waals surface area (Å²) >= 11 is 0. The van der Waals surface area contributed by atoms with Gasteiger partial charge in [-0.1, -0.05) is 22.9 Å². The highest BCUT2D eigenvalue weighted by Gasteiger charge is 2.30. The van der Waals surface area contributed by atoms with Crippen LogP contribution in [-0.4, -0.2) is 18.1 Å². The Bertz CT molecular complexity index is 480. The zero-order valence-electron chi connectivity index (χ0n) is 10.7. The van der Waals surface area contributed by atoms with Crippen molar-refractivity contribution in [1.29, 1.82) is 0 Å². The lowest BCUT2D eigenvalue weighted by Crippen LogP contribution is -2.23. The summed E-state index contributed by atoms with van der Waals surface area (Å²) in [6.45, 7) is 8.13. The molecule has 0 spiro atoms. The predicted octanol–water partition coefficient (Wildman–Crippen LogP) is 2.55. The lowest BCUT2D eigenvalue weighted by molar-refractivity contribution is -0.119. The van der Waals surface area contributed by atoms with E-state index in [1.807, 2.05) is 13.8 Å². The van der Waals surface area contributed by atoms with E-state index in [1.54, 1.807) is 6.92 Å². The van der Waals surface area contributed by atoms with E-state index in [9.17, 15) is 4.79 Å². The van der Waals surface area contributed by atoms with Crippen molar-refractivity contribution in [3.63, 3.8) is 0 Å². The molecular weight excluding hydrogens is 214 g/mol. The second kappa shape index (κ2) is 4.32. The first kappa shape index (κ1) is 11.8. The molecule has 0 saturated carbocycles. The largest absolute Gasteiger partial charge is 0.394 e. The molecule has 1 aromatic carbocycles. The molecule has 0 radical (unpaired) electrons. The van der Waals surface area contributed by atoms with E-state index in [4.69, 9.17) is 4.84 Å². The molecule has 0 unspecified atom stereocenters. The Hall–Kier alpha value is -1.64. The summed E-state index contributed by atoms with van der Waals surface area (Å²) < 4.78 is 0. The van der Waals surface area contributed by atoms with Crippen LogP contribution in [0.5, 0.6) is 0 Å². The highest BCUT2D eigenvalue weighted by molar-refractivity contribution is 6.15. The Kier molecular flexibility index (Phi) is 3.01. The highest BCUT2D eigenvalue weighted by Crippen LogP contribution is 2.24. The third-order valence-corrected chi connectivity index (χ3v) is 3.16. The van der Waals surface area contributed by atoms with Gasteiger partial charge in [0.05, 0.1) is 0 Å². The molecule has 0 aliphatic carbocycles. The van der Waals surface area contributed by atoms with Crippen LogP contribution in [-0.2, 0) is 9.63 Å². The van der Waals surface area contributed by atoms with Gasteiger partial charge in [-0.3, -0.25) is 4.79 Å². The second-order valence-electron chi connectivity index (χ2n) is 4.71. The van der Waals surface area contributed by atoms with Crippen LogP contribution in [0.4, 0.5) is 0 Å². The molecule has 2 rings (SSSR count). The number of rotatable bonds is 2. The van der Waals surface area contributed by atoms with Gasteiger partial charge in [-0.15, -0.1) is 0 Å². The van der Waals surface area contributed by atoms with Crippen molar-refractivity contribution in [3.8, 4) is 0 Å². The van der Waals surface area contributed by atoms with Crippen LogP contribution in [0.3, 0.4) is 0 Å². The number of hydrogen-bond acceptors (Lipinski definition) is 3. The first-order chi connectivity index (χ1) is 8.00. The Labute approximate surface area is 101 Å². The molecule has 3 nitrogen and oxygen atoms in total. The van der Waals surface area contributed by atoms with Crippen molar-refractivity contribution < 1.29 is 9.63 Å². The summed E-state index contributed by atoms with van der Waals surface area (Å²) in [6, 6.07) is 4.22. The molecule has 90 valence electrons. The molecule has 0 saturated heterocycles. The van der Waals surface area contributed by atoms with Gasteiger partial charge >= 0.3 is 0 Å². The predicted molar refractivity (Wildman–Crippen MR) is 67.3 cm³/mol. The van der Waals surface area contributed by atoms with E-state index in [1.165, 1.54) is 5.56 Å². The zero-order chi connectivity index (χ0) is 12.6. The Morgan fingerprint density at radius 3 is 2.41 bits per heavy atom. The molecule has 0 bridgehead atoms. The third-order valence-electron chi connectivity index (χ3n) is 3.16. The van der Waals surface area contributed by atoms with Crippen molar-refractivity contribution in [1.82, 2.24) is 0 Å². The van der Waals surface area contributed by atoms with Gasteiger partial charge in [-0.05, 0) is 38.8 Å². The number of nitrogens with zero attached hydrogens (tertiary/aromatic N) is 1. The number of benzene rings is 1. The van der Waals surface area contributed by atoms with Crippen LogP contribution in [0.25, 0.3) is 0 Å². The topological polar surface area (TPSA) is 38.7 Å². The maximum absolute atomic E-state index is 11.6. The van der Waals surface area contributed by atoms with E-state index in [2.05, 4.69) is 24.2 Å². The number of carbonyl (C=O) groups is 1. The van der Waals surface area contributed by atoms with Gasteiger partial charge in [0.25, 0.3) is 0 Å². The number of ketones is 1. The van der Waals surface area contributed by atoms with Crippen LogP contribution in [0.15, 0.2) is 17.3 Å². The van der Waals surface area contributed by atoms with E-state index in [0.717, 1.165) is 22.4 Å². The standard InChI is InChI=1S/C14H17NO2/c1-8-5-9(2)13(10(3)6-8)14-12(11(4)16)7-17-15-14/h5-6,12H,7H2,1-4H3/t12-/m0/s1. The van der Waals surface area contributed by atoms with Crippen LogP contribution in [0.1, 0.15) is 29.2 Å². The number of carbonyl (C=O) groups excluding carboxylic acids is 1. The number of oxime groups is 1. The molecule has 3 heteroatoms. The van der Waals surface area contributed by atoms with Gasteiger partial charge in [0.1, 0.15) is 24.0 Å². The van der Waals surface area contributed by atoms with Gasteiger partial charge in [0.2, 0.25) is 0 Å². The Balaban J connectivity index is 2.51. The van der Waals surface area contributed by atoms with Gasteiger partial charge < -0.3 is 4.84 Å².